The van der Waals surface area contributed by atoms with Crippen molar-refractivity contribution in [3.63, 3.8) is 0 Å². The van der Waals surface area contributed by atoms with Crippen LogP contribution in [0, 0.1) is 11.3 Å². The minimum atomic E-state index is -0.151. The molecule has 0 N–H and O–H groups in total. The van der Waals surface area contributed by atoms with Crippen molar-refractivity contribution >= 4 is 21.5 Å². The van der Waals surface area contributed by atoms with Crippen molar-refractivity contribution in [3.8, 4) is 95.1 Å². The van der Waals surface area contributed by atoms with Gasteiger partial charge in [0.25, 0.3) is 0 Å². The van der Waals surface area contributed by atoms with Crippen LogP contribution in [0.15, 0.2) is 243 Å². The van der Waals surface area contributed by atoms with E-state index in [9.17, 15) is 5.26 Å². The minimum Gasteiger partial charge on any atom is -0.192 e. The van der Waals surface area contributed by atoms with Crippen LogP contribution in [0.5, 0.6) is 0 Å². The fraction of sp³-hybridized carbons (Fsp3) is 0.0921. The Balaban J connectivity index is 0.925. The van der Waals surface area contributed by atoms with Gasteiger partial charge in [0.15, 0.2) is 0 Å². The number of hydrogen-bond acceptors (Lipinski definition) is 1. The van der Waals surface area contributed by atoms with Crippen LogP contribution in [0.4, 0.5) is 0 Å². The molecule has 362 valence electrons. The zero-order valence-electron chi connectivity index (χ0n) is 43.6. The highest BCUT2D eigenvalue weighted by Crippen LogP contribution is 2.55. The number of nitriles is 1. The summed E-state index contributed by atoms with van der Waals surface area (Å²) in [7, 11) is 0. The highest BCUT2D eigenvalue weighted by Gasteiger charge is 2.38. The predicted octanol–water partition coefficient (Wildman–Crippen LogP) is 20.0. The lowest BCUT2D eigenvalue weighted by molar-refractivity contribution is 0.660. The van der Waals surface area contributed by atoms with Crippen LogP contribution in [-0.4, -0.2) is 0 Å². The summed E-state index contributed by atoms with van der Waals surface area (Å²) in [5, 5.41) is 14.9. The molecule has 12 aromatic rings. The van der Waals surface area contributed by atoms with E-state index in [2.05, 4.69) is 270 Å². The van der Waals surface area contributed by atoms with Crippen molar-refractivity contribution < 1.29 is 0 Å². The van der Waals surface area contributed by atoms with E-state index in [-0.39, 0.29) is 16.7 Å². The standard InChI is InChI=1S/C76H53N/c1-75(2)68-21-13-11-19-58(68)60-35-31-54(43-70(60)75)73-63-38-30-53(49-26-24-48(25-27-49)52-28-34-57-56-33-23-46(45-77)39-64(56)72(65(57)40-52)50-17-9-6-10-18-50)42-67(63)74(62-37-29-51(41-66(62)73)47-15-7-5-8-16-47)55-32-36-61-59-20-12-14-22-69(59)76(3,4)71(61)44-55/h5-44,72H,1-4H3. The molecule has 77 heavy (non-hydrogen) atoms. The quantitative estimate of drug-likeness (QED) is 0.152. The summed E-state index contributed by atoms with van der Waals surface area (Å²) in [5.74, 6) is 0.0538. The Morgan fingerprint density at radius 3 is 1.22 bits per heavy atom. The number of benzene rings is 12. The van der Waals surface area contributed by atoms with Gasteiger partial charge in [-0.25, -0.2) is 0 Å². The summed E-state index contributed by atoms with van der Waals surface area (Å²) in [5.41, 5.74) is 29.5. The monoisotopic (exact) mass is 979 g/mol. The third kappa shape index (κ3) is 6.78. The maximum Gasteiger partial charge on any atom is 0.0991 e. The first-order valence-corrected chi connectivity index (χ1v) is 27.1. The second-order valence-electron chi connectivity index (χ2n) is 22.6. The van der Waals surface area contributed by atoms with Gasteiger partial charge in [-0.2, -0.15) is 5.26 Å². The van der Waals surface area contributed by atoms with Crippen molar-refractivity contribution in [1.29, 1.82) is 5.26 Å². The summed E-state index contributed by atoms with van der Waals surface area (Å²) < 4.78 is 0. The smallest absolute Gasteiger partial charge is 0.0991 e. The molecule has 0 saturated heterocycles. The van der Waals surface area contributed by atoms with Gasteiger partial charge in [-0.1, -0.05) is 228 Å². The Bertz CT molecular complexity index is 4490. The summed E-state index contributed by atoms with van der Waals surface area (Å²) in [6, 6.07) is 93.1. The molecule has 0 saturated carbocycles. The first-order chi connectivity index (χ1) is 37.6. The van der Waals surface area contributed by atoms with Gasteiger partial charge in [0.1, 0.15) is 0 Å². The van der Waals surface area contributed by atoms with Crippen LogP contribution in [0.2, 0.25) is 0 Å². The maximum atomic E-state index is 9.90. The molecule has 0 bridgehead atoms. The molecule has 1 atom stereocenters. The zero-order chi connectivity index (χ0) is 51.7. The zero-order valence-corrected chi connectivity index (χ0v) is 43.6. The average Bonchev–Trinajstić information content (AvgIpc) is 4.21. The molecule has 1 nitrogen and oxygen atoms in total. The molecule has 1 heteroatoms. The molecule has 0 aromatic heterocycles. The molecule has 15 rings (SSSR count). The SMILES string of the molecule is CC1(C)c2ccccc2-c2ccc(-c3c4ccc(-c5ccc(-c6ccc7c(c6)C(c6ccccc6)c6cc(C#N)ccc6-7)cc5)cc4c(-c4ccc5c(c4)C(C)(C)c4ccccc4-5)c4ccc(-c5ccccc5)cc34)cc21. The van der Waals surface area contributed by atoms with E-state index >= 15 is 0 Å². The normalized spacial score (nSPS) is 14.8. The molecule has 0 aliphatic heterocycles. The van der Waals surface area contributed by atoms with Gasteiger partial charge in [0, 0.05) is 16.7 Å². The Labute approximate surface area is 451 Å². The van der Waals surface area contributed by atoms with Crippen LogP contribution < -0.4 is 0 Å². The second-order valence-corrected chi connectivity index (χ2v) is 22.6. The van der Waals surface area contributed by atoms with Crippen LogP contribution in [-0.2, 0) is 10.8 Å². The molecule has 0 radical (unpaired) electrons. The van der Waals surface area contributed by atoms with Crippen LogP contribution in [0.1, 0.15) is 78.1 Å². The van der Waals surface area contributed by atoms with E-state index < -0.39 is 0 Å². The molecule has 3 aliphatic carbocycles. The maximum absolute atomic E-state index is 9.90. The van der Waals surface area contributed by atoms with Gasteiger partial charge in [-0.15, -0.1) is 0 Å². The van der Waals surface area contributed by atoms with Crippen LogP contribution in [0.25, 0.3) is 111 Å². The Morgan fingerprint density at radius 1 is 0.299 bits per heavy atom. The van der Waals surface area contributed by atoms with Crippen LogP contribution >= 0.6 is 0 Å². The lowest BCUT2D eigenvalue weighted by Gasteiger charge is -2.24. The lowest BCUT2D eigenvalue weighted by atomic mass is 9.79. The summed E-state index contributed by atoms with van der Waals surface area (Å²) in [6.45, 7) is 9.54. The summed E-state index contributed by atoms with van der Waals surface area (Å²) in [4.78, 5) is 0. The molecule has 0 amide bonds. The van der Waals surface area contributed by atoms with Crippen molar-refractivity contribution in [1.82, 2.24) is 0 Å². The Kier molecular flexibility index (Phi) is 9.85. The second kappa shape index (κ2) is 16.8. The van der Waals surface area contributed by atoms with Gasteiger partial charge in [0.2, 0.25) is 0 Å². The topological polar surface area (TPSA) is 23.8 Å². The lowest BCUT2D eigenvalue weighted by Crippen LogP contribution is -2.15. The summed E-state index contributed by atoms with van der Waals surface area (Å²) >= 11 is 0. The molecule has 0 spiro atoms. The molecular weight excluding hydrogens is 927 g/mol. The van der Waals surface area contributed by atoms with Crippen molar-refractivity contribution in [3.05, 3.63) is 287 Å². The van der Waals surface area contributed by atoms with Crippen molar-refractivity contribution in [2.24, 2.45) is 0 Å². The molecule has 12 aromatic carbocycles. The predicted molar refractivity (Wildman–Crippen MR) is 321 cm³/mol. The number of fused-ring (bicyclic) bond motifs is 11. The highest BCUT2D eigenvalue weighted by molar-refractivity contribution is 6.23. The molecule has 3 aliphatic rings. The van der Waals surface area contributed by atoms with Crippen molar-refractivity contribution in [2.75, 3.05) is 0 Å². The Hall–Kier alpha value is -9.35. The van der Waals surface area contributed by atoms with Gasteiger partial charge >= 0.3 is 0 Å². The fourth-order valence-corrected chi connectivity index (χ4v) is 13.9. The molecular formula is C76H53N. The van der Waals surface area contributed by atoms with Gasteiger partial charge in [-0.3, -0.25) is 0 Å². The van der Waals surface area contributed by atoms with Crippen molar-refractivity contribution in [2.45, 2.75) is 44.4 Å². The molecule has 0 heterocycles. The first-order valence-electron chi connectivity index (χ1n) is 27.1. The largest absolute Gasteiger partial charge is 0.192 e. The summed E-state index contributed by atoms with van der Waals surface area (Å²) in [6.07, 6.45) is 0. The van der Waals surface area contributed by atoms with E-state index in [1.807, 2.05) is 6.07 Å². The van der Waals surface area contributed by atoms with E-state index in [1.54, 1.807) is 0 Å². The van der Waals surface area contributed by atoms with E-state index in [0.717, 1.165) is 0 Å². The van der Waals surface area contributed by atoms with Gasteiger partial charge < -0.3 is 0 Å². The van der Waals surface area contributed by atoms with Crippen LogP contribution in [0.3, 0.4) is 0 Å². The van der Waals surface area contributed by atoms with Gasteiger partial charge in [-0.05, 0) is 192 Å². The Morgan fingerprint density at radius 2 is 0.688 bits per heavy atom. The molecule has 1 unspecified atom stereocenters. The van der Waals surface area contributed by atoms with E-state index in [0.29, 0.717) is 5.56 Å². The van der Waals surface area contributed by atoms with E-state index in [4.69, 9.17) is 0 Å². The fourth-order valence-electron chi connectivity index (χ4n) is 13.9. The molecule has 0 fully saturated rings. The highest BCUT2D eigenvalue weighted by atomic mass is 14.4. The van der Waals surface area contributed by atoms with E-state index in [1.165, 1.54) is 150 Å². The van der Waals surface area contributed by atoms with Gasteiger partial charge in [0.05, 0.1) is 11.6 Å². The number of hydrogen-bond donors (Lipinski definition) is 0. The first kappa shape index (κ1) is 45.1. The number of rotatable bonds is 6. The number of nitrogens with zero attached hydrogens (tertiary/aromatic N) is 1. The minimum absolute atomic E-state index is 0.0538. The third-order valence-corrected chi connectivity index (χ3v) is 17.8. The third-order valence-electron chi connectivity index (χ3n) is 17.8. The average molecular weight is 980 g/mol.